The highest BCUT2D eigenvalue weighted by Crippen LogP contribution is 2.23. The number of benzene rings is 1. The molecule has 2 N–H and O–H groups in total. The van der Waals surface area contributed by atoms with E-state index in [1.807, 2.05) is 31.2 Å². The highest BCUT2D eigenvalue weighted by molar-refractivity contribution is 5.88. The molecule has 0 aromatic heterocycles. The molecule has 2 aliphatic rings. The maximum atomic E-state index is 12.7. The number of carbonyl (C=O) groups is 2. The smallest absolute Gasteiger partial charge is 0.237 e. The van der Waals surface area contributed by atoms with Gasteiger partial charge >= 0.3 is 0 Å². The third kappa shape index (κ3) is 4.99. The third-order valence-corrected chi connectivity index (χ3v) is 5.27. The van der Waals surface area contributed by atoms with Gasteiger partial charge in [-0.1, -0.05) is 18.2 Å². The van der Waals surface area contributed by atoms with Crippen LogP contribution in [0.1, 0.15) is 31.7 Å². The summed E-state index contributed by atoms with van der Waals surface area (Å²) >= 11 is 0. The molecule has 7 heteroatoms. The Morgan fingerprint density at radius 3 is 2.74 bits per heavy atom. The number of nitrogens with zero attached hydrogens (tertiary/aromatic N) is 2. The van der Waals surface area contributed by atoms with Crippen LogP contribution in [0.15, 0.2) is 24.3 Å². The number of aliphatic hydroxyl groups is 1. The minimum atomic E-state index is -0.479. The van der Waals surface area contributed by atoms with E-state index in [1.165, 1.54) is 0 Å². The molecule has 2 fully saturated rings. The number of hydrogen-bond donors (Lipinski definition) is 2. The Labute approximate surface area is 160 Å². The van der Waals surface area contributed by atoms with E-state index in [0.29, 0.717) is 52.2 Å². The van der Waals surface area contributed by atoms with Crippen molar-refractivity contribution in [3.63, 3.8) is 0 Å². The van der Waals surface area contributed by atoms with E-state index >= 15 is 0 Å². The first kappa shape index (κ1) is 19.6. The van der Waals surface area contributed by atoms with E-state index in [4.69, 9.17) is 4.74 Å². The van der Waals surface area contributed by atoms with Crippen molar-refractivity contribution in [2.45, 2.75) is 44.9 Å². The minimum absolute atomic E-state index is 0.0213. The molecule has 1 atom stereocenters. The summed E-state index contributed by atoms with van der Waals surface area (Å²) in [7, 11) is 0. The van der Waals surface area contributed by atoms with Crippen molar-refractivity contribution in [1.29, 1.82) is 0 Å². The predicted octanol–water partition coefficient (Wildman–Crippen LogP) is 0.759. The number of likely N-dealkylation sites (tertiary alicyclic amines) is 1. The Bertz CT molecular complexity index is 658. The van der Waals surface area contributed by atoms with Crippen LogP contribution in [0.3, 0.4) is 0 Å². The first-order chi connectivity index (χ1) is 13.1. The molecule has 2 heterocycles. The van der Waals surface area contributed by atoms with Gasteiger partial charge < -0.3 is 20.1 Å². The zero-order chi connectivity index (χ0) is 19.2. The molecular formula is C20H29N3O4. The molecule has 0 saturated carbocycles. The van der Waals surface area contributed by atoms with E-state index in [-0.39, 0.29) is 24.3 Å². The van der Waals surface area contributed by atoms with Crippen LogP contribution in [0.25, 0.3) is 0 Å². The second kappa shape index (κ2) is 9.19. The molecule has 0 unspecified atom stereocenters. The normalized spacial score (nSPS) is 21.8. The highest BCUT2D eigenvalue weighted by Gasteiger charge is 2.34. The lowest BCUT2D eigenvalue weighted by Crippen LogP contribution is -2.56. The standard InChI is InChI=1S/C20H29N3O4/c1-2-27-18-6-4-3-5-15(18)14-23-12-9-21-20(26)17(23)13-19(25)22-10-7-16(24)8-11-22/h3-6,16-17,24H,2,7-14H2,1H3,(H,21,26)/t17-/m0/s1. The van der Waals surface area contributed by atoms with Crippen molar-refractivity contribution in [1.82, 2.24) is 15.1 Å². The fourth-order valence-electron chi connectivity index (χ4n) is 3.73. The summed E-state index contributed by atoms with van der Waals surface area (Å²) in [5.74, 6) is 0.702. The summed E-state index contributed by atoms with van der Waals surface area (Å²) in [6.45, 7) is 5.49. The van der Waals surface area contributed by atoms with E-state index in [0.717, 1.165) is 11.3 Å². The van der Waals surface area contributed by atoms with Crippen molar-refractivity contribution in [2.24, 2.45) is 0 Å². The minimum Gasteiger partial charge on any atom is -0.494 e. The first-order valence-corrected chi connectivity index (χ1v) is 9.76. The Hall–Kier alpha value is -2.12. The summed E-state index contributed by atoms with van der Waals surface area (Å²) in [6, 6.07) is 7.35. The van der Waals surface area contributed by atoms with Gasteiger partial charge in [0.1, 0.15) is 5.75 Å². The number of amides is 2. The molecule has 0 radical (unpaired) electrons. The van der Waals surface area contributed by atoms with Gasteiger partial charge in [-0.05, 0) is 25.8 Å². The highest BCUT2D eigenvalue weighted by atomic mass is 16.5. The second-order valence-corrected chi connectivity index (χ2v) is 7.13. The van der Waals surface area contributed by atoms with Gasteiger partial charge in [-0.3, -0.25) is 14.5 Å². The lowest BCUT2D eigenvalue weighted by molar-refractivity contribution is -0.140. The maximum Gasteiger partial charge on any atom is 0.237 e. The fraction of sp³-hybridized carbons (Fsp3) is 0.600. The molecule has 3 rings (SSSR count). The van der Waals surface area contributed by atoms with Gasteiger partial charge in [0, 0.05) is 38.3 Å². The predicted molar refractivity (Wildman–Crippen MR) is 101 cm³/mol. The zero-order valence-corrected chi connectivity index (χ0v) is 15.9. The van der Waals surface area contributed by atoms with Crippen LogP contribution in [0.5, 0.6) is 5.75 Å². The lowest BCUT2D eigenvalue weighted by atomic mass is 10.0. The zero-order valence-electron chi connectivity index (χ0n) is 15.9. The average Bonchev–Trinajstić information content (AvgIpc) is 2.66. The van der Waals surface area contributed by atoms with Crippen molar-refractivity contribution >= 4 is 11.8 Å². The van der Waals surface area contributed by atoms with Crippen LogP contribution in [-0.4, -0.2) is 71.7 Å². The lowest BCUT2D eigenvalue weighted by Gasteiger charge is -2.37. The van der Waals surface area contributed by atoms with Crippen molar-refractivity contribution < 1.29 is 19.4 Å². The van der Waals surface area contributed by atoms with Crippen LogP contribution in [0.2, 0.25) is 0 Å². The van der Waals surface area contributed by atoms with Crippen LogP contribution in [-0.2, 0) is 16.1 Å². The molecule has 2 saturated heterocycles. The average molecular weight is 375 g/mol. The van der Waals surface area contributed by atoms with Gasteiger partial charge in [-0.15, -0.1) is 0 Å². The Morgan fingerprint density at radius 2 is 2.00 bits per heavy atom. The van der Waals surface area contributed by atoms with E-state index in [2.05, 4.69) is 10.2 Å². The van der Waals surface area contributed by atoms with Gasteiger partial charge in [0.25, 0.3) is 0 Å². The molecule has 148 valence electrons. The topological polar surface area (TPSA) is 82.1 Å². The van der Waals surface area contributed by atoms with E-state index < -0.39 is 6.04 Å². The Morgan fingerprint density at radius 1 is 1.26 bits per heavy atom. The number of rotatable bonds is 6. The maximum absolute atomic E-state index is 12.7. The quantitative estimate of drug-likeness (QED) is 0.767. The molecule has 1 aromatic rings. The number of aliphatic hydroxyl groups excluding tert-OH is 1. The third-order valence-electron chi connectivity index (χ3n) is 5.27. The number of ether oxygens (including phenoxy) is 1. The van der Waals surface area contributed by atoms with Crippen LogP contribution < -0.4 is 10.1 Å². The number of piperazine rings is 1. The number of piperidine rings is 1. The molecule has 0 spiro atoms. The number of para-hydroxylation sites is 1. The number of nitrogens with one attached hydrogen (secondary N) is 1. The molecule has 2 aliphatic heterocycles. The molecule has 0 aliphatic carbocycles. The Kier molecular flexibility index (Phi) is 6.68. The van der Waals surface area contributed by atoms with Gasteiger partial charge in [-0.2, -0.15) is 0 Å². The number of carbonyl (C=O) groups excluding carboxylic acids is 2. The molecular weight excluding hydrogens is 346 g/mol. The fourth-order valence-corrected chi connectivity index (χ4v) is 3.73. The monoisotopic (exact) mass is 375 g/mol. The first-order valence-electron chi connectivity index (χ1n) is 9.76. The van der Waals surface area contributed by atoms with E-state index in [9.17, 15) is 14.7 Å². The molecule has 7 nitrogen and oxygen atoms in total. The second-order valence-electron chi connectivity index (χ2n) is 7.13. The molecule has 2 amide bonds. The van der Waals surface area contributed by atoms with Crippen LogP contribution in [0.4, 0.5) is 0 Å². The number of hydrogen-bond acceptors (Lipinski definition) is 5. The Balaban J connectivity index is 1.68. The summed E-state index contributed by atoms with van der Waals surface area (Å²) in [6.07, 6.45) is 1.06. The van der Waals surface area contributed by atoms with Crippen molar-refractivity contribution in [3.8, 4) is 5.75 Å². The summed E-state index contributed by atoms with van der Waals surface area (Å²) < 4.78 is 5.70. The van der Waals surface area contributed by atoms with E-state index in [1.54, 1.807) is 4.90 Å². The van der Waals surface area contributed by atoms with Crippen LogP contribution in [0, 0.1) is 0 Å². The van der Waals surface area contributed by atoms with Gasteiger partial charge in [0.05, 0.1) is 25.2 Å². The summed E-state index contributed by atoms with van der Waals surface area (Å²) in [4.78, 5) is 29.0. The SMILES string of the molecule is CCOc1ccccc1CN1CCNC(=O)[C@@H]1CC(=O)N1CCC(O)CC1. The molecule has 1 aromatic carbocycles. The molecule has 27 heavy (non-hydrogen) atoms. The van der Waals surface area contributed by atoms with Crippen molar-refractivity contribution in [3.05, 3.63) is 29.8 Å². The van der Waals surface area contributed by atoms with Gasteiger partial charge in [-0.25, -0.2) is 0 Å². The van der Waals surface area contributed by atoms with Gasteiger partial charge in [0.15, 0.2) is 0 Å². The van der Waals surface area contributed by atoms with Crippen LogP contribution >= 0.6 is 0 Å². The summed E-state index contributed by atoms with van der Waals surface area (Å²) in [5, 5.41) is 12.5. The van der Waals surface area contributed by atoms with Gasteiger partial charge in [0.2, 0.25) is 11.8 Å². The largest absolute Gasteiger partial charge is 0.494 e. The van der Waals surface area contributed by atoms with Crippen molar-refractivity contribution in [2.75, 3.05) is 32.8 Å². The summed E-state index contributed by atoms with van der Waals surface area (Å²) in [5.41, 5.74) is 1.02. The molecule has 0 bridgehead atoms.